The van der Waals surface area contributed by atoms with Gasteiger partial charge < -0.3 is 14.8 Å². The zero-order chi connectivity index (χ0) is 9.80. The molecule has 2 rings (SSSR count). The number of ether oxygens (including phenoxy) is 2. The third-order valence-corrected chi connectivity index (χ3v) is 2.25. The highest BCUT2D eigenvalue weighted by Crippen LogP contribution is 2.26. The zero-order valence-electron chi connectivity index (χ0n) is 8.25. The van der Waals surface area contributed by atoms with Gasteiger partial charge in [-0.05, 0) is 6.07 Å². The molecule has 1 aromatic rings. The fourth-order valence-electron chi connectivity index (χ4n) is 1.55. The standard InChI is InChI=1S/C11H14NO2/c1-13-10-5-3-2-4-9(10)11-8-12-6-7-14-11/h2-5,12H,6-8H2,1H3. The number of hydrogen-bond acceptors (Lipinski definition) is 3. The Kier molecular flexibility index (Phi) is 3.01. The number of nitrogens with one attached hydrogen (secondary N) is 1. The first-order valence-corrected chi connectivity index (χ1v) is 4.74. The summed E-state index contributed by atoms with van der Waals surface area (Å²) in [5.74, 6) is 0.867. The highest BCUT2D eigenvalue weighted by Gasteiger charge is 2.19. The van der Waals surface area contributed by atoms with Crippen molar-refractivity contribution < 1.29 is 9.47 Å². The monoisotopic (exact) mass is 192 g/mol. The fraction of sp³-hybridized carbons (Fsp3) is 0.364. The second-order valence-corrected chi connectivity index (χ2v) is 3.15. The van der Waals surface area contributed by atoms with Crippen molar-refractivity contribution in [2.24, 2.45) is 0 Å². The summed E-state index contributed by atoms with van der Waals surface area (Å²) in [5.41, 5.74) is 1.04. The Balaban J connectivity index is 2.20. The van der Waals surface area contributed by atoms with Crippen molar-refractivity contribution in [3.8, 4) is 5.75 Å². The lowest BCUT2D eigenvalue weighted by molar-refractivity contribution is 0.127. The topological polar surface area (TPSA) is 30.5 Å². The van der Waals surface area contributed by atoms with Crippen LogP contribution in [0.5, 0.6) is 5.75 Å². The van der Waals surface area contributed by atoms with Crippen molar-refractivity contribution in [2.75, 3.05) is 26.8 Å². The maximum atomic E-state index is 5.58. The Bertz CT molecular complexity index is 295. The molecule has 75 valence electrons. The van der Waals surface area contributed by atoms with E-state index in [4.69, 9.17) is 9.47 Å². The van der Waals surface area contributed by atoms with Crippen LogP contribution in [0.25, 0.3) is 0 Å². The van der Waals surface area contributed by atoms with E-state index < -0.39 is 0 Å². The molecule has 1 radical (unpaired) electrons. The average Bonchev–Trinajstić information content (AvgIpc) is 2.30. The van der Waals surface area contributed by atoms with E-state index in [1.54, 1.807) is 7.11 Å². The molecule has 0 spiro atoms. The molecule has 0 aliphatic carbocycles. The molecule has 0 atom stereocenters. The predicted molar refractivity (Wildman–Crippen MR) is 54.2 cm³/mol. The van der Waals surface area contributed by atoms with Gasteiger partial charge in [-0.3, -0.25) is 0 Å². The van der Waals surface area contributed by atoms with Gasteiger partial charge in [-0.15, -0.1) is 0 Å². The Labute approximate surface area is 84.0 Å². The Morgan fingerprint density at radius 3 is 2.93 bits per heavy atom. The summed E-state index contributed by atoms with van der Waals surface area (Å²) in [5, 5.41) is 3.27. The van der Waals surface area contributed by atoms with E-state index in [9.17, 15) is 0 Å². The van der Waals surface area contributed by atoms with Gasteiger partial charge in [0.2, 0.25) is 0 Å². The predicted octanol–water partition coefficient (Wildman–Crippen LogP) is 1.20. The largest absolute Gasteiger partial charge is 0.496 e. The van der Waals surface area contributed by atoms with Crippen LogP contribution in [0.3, 0.4) is 0 Å². The first kappa shape index (κ1) is 9.49. The van der Waals surface area contributed by atoms with Crippen LogP contribution < -0.4 is 10.1 Å². The van der Waals surface area contributed by atoms with Crippen molar-refractivity contribution in [2.45, 2.75) is 0 Å². The zero-order valence-corrected chi connectivity index (χ0v) is 8.25. The van der Waals surface area contributed by atoms with Gasteiger partial charge in [0.25, 0.3) is 0 Å². The van der Waals surface area contributed by atoms with Crippen LogP contribution in [0, 0.1) is 6.10 Å². The van der Waals surface area contributed by atoms with Gasteiger partial charge in [-0.2, -0.15) is 0 Å². The molecular weight excluding hydrogens is 178 g/mol. The third kappa shape index (κ3) is 1.89. The van der Waals surface area contributed by atoms with Crippen LogP contribution in [0.1, 0.15) is 5.56 Å². The molecule has 0 aromatic heterocycles. The van der Waals surface area contributed by atoms with Crippen LogP contribution in [-0.4, -0.2) is 26.8 Å². The summed E-state index contributed by atoms with van der Waals surface area (Å²) >= 11 is 0. The van der Waals surface area contributed by atoms with E-state index in [0.717, 1.165) is 37.1 Å². The van der Waals surface area contributed by atoms with E-state index in [-0.39, 0.29) is 0 Å². The number of rotatable bonds is 2. The van der Waals surface area contributed by atoms with Crippen LogP contribution in [-0.2, 0) is 4.74 Å². The number of para-hydroxylation sites is 1. The van der Waals surface area contributed by atoms with Crippen molar-refractivity contribution in [1.82, 2.24) is 5.32 Å². The first-order chi connectivity index (χ1) is 6.92. The summed E-state index contributed by atoms with van der Waals surface area (Å²) in [6.07, 6.45) is 0.966. The molecule has 1 N–H and O–H groups in total. The molecular formula is C11H14NO2. The number of benzene rings is 1. The van der Waals surface area contributed by atoms with Crippen molar-refractivity contribution in [3.05, 3.63) is 35.9 Å². The minimum Gasteiger partial charge on any atom is -0.496 e. The molecule has 14 heavy (non-hydrogen) atoms. The molecule has 1 heterocycles. The van der Waals surface area contributed by atoms with E-state index in [2.05, 4.69) is 5.32 Å². The van der Waals surface area contributed by atoms with Crippen LogP contribution in [0.4, 0.5) is 0 Å². The molecule has 0 amide bonds. The minimum absolute atomic E-state index is 0.730. The lowest BCUT2D eigenvalue weighted by Gasteiger charge is -2.23. The summed E-state index contributed by atoms with van der Waals surface area (Å²) in [6.45, 7) is 2.42. The fourth-order valence-corrected chi connectivity index (χ4v) is 1.55. The average molecular weight is 192 g/mol. The van der Waals surface area contributed by atoms with Gasteiger partial charge in [-0.25, -0.2) is 0 Å². The Morgan fingerprint density at radius 1 is 1.36 bits per heavy atom. The van der Waals surface area contributed by atoms with Gasteiger partial charge in [0, 0.05) is 18.7 Å². The van der Waals surface area contributed by atoms with E-state index in [1.807, 2.05) is 24.3 Å². The molecule has 3 nitrogen and oxygen atoms in total. The molecule has 0 unspecified atom stereocenters. The smallest absolute Gasteiger partial charge is 0.143 e. The van der Waals surface area contributed by atoms with Crippen LogP contribution in [0.2, 0.25) is 0 Å². The SMILES string of the molecule is COc1ccccc1[C]1CNCCO1. The van der Waals surface area contributed by atoms with Gasteiger partial charge in [0.15, 0.2) is 0 Å². The normalized spacial score (nSPS) is 18.1. The molecule has 3 heteroatoms. The van der Waals surface area contributed by atoms with E-state index >= 15 is 0 Å². The second-order valence-electron chi connectivity index (χ2n) is 3.15. The summed E-state index contributed by atoms with van der Waals surface area (Å²) < 4.78 is 10.9. The maximum absolute atomic E-state index is 5.58. The maximum Gasteiger partial charge on any atom is 0.143 e. The molecule has 0 bridgehead atoms. The minimum atomic E-state index is 0.730. The molecule has 1 aromatic carbocycles. The Morgan fingerprint density at radius 2 is 2.21 bits per heavy atom. The number of methoxy groups -OCH3 is 1. The van der Waals surface area contributed by atoms with Crippen molar-refractivity contribution in [3.63, 3.8) is 0 Å². The highest BCUT2D eigenvalue weighted by molar-refractivity contribution is 5.41. The Hall–Kier alpha value is -1.06. The van der Waals surface area contributed by atoms with Gasteiger partial charge in [0.05, 0.1) is 13.7 Å². The molecule has 1 aliphatic heterocycles. The quantitative estimate of drug-likeness (QED) is 0.763. The van der Waals surface area contributed by atoms with Crippen LogP contribution >= 0.6 is 0 Å². The first-order valence-electron chi connectivity index (χ1n) is 4.74. The lowest BCUT2D eigenvalue weighted by Crippen LogP contribution is -2.34. The highest BCUT2D eigenvalue weighted by atomic mass is 16.5. The molecule has 0 saturated carbocycles. The summed E-state index contributed by atoms with van der Waals surface area (Å²) in [7, 11) is 1.68. The lowest BCUT2D eigenvalue weighted by atomic mass is 10.1. The molecule has 1 fully saturated rings. The van der Waals surface area contributed by atoms with Gasteiger partial charge in [0.1, 0.15) is 11.9 Å². The summed E-state index contributed by atoms with van der Waals surface area (Å²) in [6, 6.07) is 7.91. The molecule has 1 saturated heterocycles. The third-order valence-electron chi connectivity index (χ3n) is 2.25. The summed E-state index contributed by atoms with van der Waals surface area (Å²) in [4.78, 5) is 0. The number of morpholine rings is 1. The van der Waals surface area contributed by atoms with Gasteiger partial charge >= 0.3 is 0 Å². The van der Waals surface area contributed by atoms with Crippen molar-refractivity contribution >= 4 is 0 Å². The number of hydrogen-bond donors (Lipinski definition) is 1. The van der Waals surface area contributed by atoms with E-state index in [0.29, 0.717) is 0 Å². The van der Waals surface area contributed by atoms with Gasteiger partial charge in [-0.1, -0.05) is 18.2 Å². The van der Waals surface area contributed by atoms with Crippen LogP contribution in [0.15, 0.2) is 24.3 Å². The molecule has 1 aliphatic rings. The second kappa shape index (κ2) is 4.44. The van der Waals surface area contributed by atoms with Crippen molar-refractivity contribution in [1.29, 1.82) is 0 Å². The van der Waals surface area contributed by atoms with E-state index in [1.165, 1.54) is 0 Å².